The first-order valence-corrected chi connectivity index (χ1v) is 11.0. The number of nitrogens with one attached hydrogen (secondary N) is 2. The summed E-state index contributed by atoms with van der Waals surface area (Å²) in [5.41, 5.74) is 2.01. The van der Waals surface area contributed by atoms with Gasteiger partial charge in [0.1, 0.15) is 5.92 Å². The van der Waals surface area contributed by atoms with Gasteiger partial charge >= 0.3 is 0 Å². The minimum Gasteiger partial charge on any atom is -0.396 e. The molecule has 1 aliphatic heterocycles. The molecule has 1 heterocycles. The zero-order chi connectivity index (χ0) is 21.9. The zero-order valence-electron chi connectivity index (χ0n) is 17.1. The Hall–Kier alpha value is -2.68. The van der Waals surface area contributed by atoms with Crippen molar-refractivity contribution in [3.05, 3.63) is 29.8 Å². The van der Waals surface area contributed by atoms with Crippen LogP contribution in [0.1, 0.15) is 25.3 Å². The Morgan fingerprint density at radius 1 is 1.47 bits per heavy atom. The number of carbonyl (C=O) groups is 2. The van der Waals surface area contributed by atoms with Crippen LogP contribution in [0, 0.1) is 29.6 Å². The van der Waals surface area contributed by atoms with Crippen molar-refractivity contribution in [1.82, 2.24) is 10.2 Å². The van der Waals surface area contributed by atoms with Crippen LogP contribution in [0.15, 0.2) is 24.3 Å². The molecule has 3 atom stereocenters. The lowest BCUT2D eigenvalue weighted by Crippen LogP contribution is -2.38. The Balaban J connectivity index is 1.92. The van der Waals surface area contributed by atoms with Crippen molar-refractivity contribution in [3.8, 4) is 18.4 Å². The molecule has 0 radical (unpaired) electrons. The fraction of sp³-hybridized carbons (Fsp3) is 0.500. The van der Waals surface area contributed by atoms with Gasteiger partial charge < -0.3 is 20.6 Å². The first-order valence-electron chi connectivity index (χ1n) is 10.0. The molecule has 2 rings (SSSR count). The summed E-state index contributed by atoms with van der Waals surface area (Å²) < 4.78 is 0. The number of rotatable bonds is 11. The highest BCUT2D eigenvalue weighted by molar-refractivity contribution is 8.01. The molecular formula is C22H28N4O3S. The van der Waals surface area contributed by atoms with Crippen LogP contribution in [-0.4, -0.2) is 58.7 Å². The van der Waals surface area contributed by atoms with Gasteiger partial charge in [0.2, 0.25) is 11.8 Å². The third kappa shape index (κ3) is 6.41. The van der Waals surface area contributed by atoms with Gasteiger partial charge in [-0.05, 0) is 37.5 Å². The van der Waals surface area contributed by atoms with Crippen molar-refractivity contribution in [2.75, 3.05) is 31.6 Å². The quantitative estimate of drug-likeness (QED) is 0.462. The van der Waals surface area contributed by atoms with Crippen LogP contribution < -0.4 is 10.6 Å². The van der Waals surface area contributed by atoms with E-state index in [0.717, 1.165) is 11.3 Å². The number of hydrogen-bond donors (Lipinski definition) is 3. The maximum absolute atomic E-state index is 12.8. The number of carbonyl (C=O) groups excluding carboxylic acids is 2. The molecule has 1 aromatic rings. The molecule has 1 aromatic carbocycles. The minimum absolute atomic E-state index is 0.0454. The summed E-state index contributed by atoms with van der Waals surface area (Å²) >= 11 is 1.51. The van der Waals surface area contributed by atoms with E-state index in [1.807, 2.05) is 37.3 Å². The molecule has 3 N–H and O–H groups in total. The molecule has 1 aliphatic rings. The van der Waals surface area contributed by atoms with Crippen molar-refractivity contribution >= 4 is 29.3 Å². The lowest BCUT2D eigenvalue weighted by atomic mass is 10.1. The molecular weight excluding hydrogens is 400 g/mol. The van der Waals surface area contributed by atoms with Crippen molar-refractivity contribution in [1.29, 1.82) is 5.26 Å². The molecule has 0 aromatic heterocycles. The van der Waals surface area contributed by atoms with Gasteiger partial charge in [-0.3, -0.25) is 9.59 Å². The summed E-state index contributed by atoms with van der Waals surface area (Å²) in [5, 5.41) is 23.9. The average Bonchev–Trinajstić information content (AvgIpc) is 3.05. The van der Waals surface area contributed by atoms with E-state index < -0.39 is 11.8 Å². The topological polar surface area (TPSA) is 105 Å². The molecule has 8 heteroatoms. The molecule has 3 unspecified atom stereocenters. The van der Waals surface area contributed by atoms with Crippen LogP contribution >= 0.6 is 11.8 Å². The van der Waals surface area contributed by atoms with Gasteiger partial charge in [-0.1, -0.05) is 18.1 Å². The zero-order valence-corrected chi connectivity index (χ0v) is 18.0. The molecule has 0 bridgehead atoms. The number of benzene rings is 1. The van der Waals surface area contributed by atoms with Gasteiger partial charge in [-0.2, -0.15) is 5.26 Å². The van der Waals surface area contributed by atoms with E-state index in [2.05, 4.69) is 16.6 Å². The molecule has 30 heavy (non-hydrogen) atoms. The molecule has 1 saturated heterocycles. The number of aliphatic hydroxyl groups is 1. The third-order valence-electron chi connectivity index (χ3n) is 4.91. The SMILES string of the molecule is C#CCNC(=O)C(C#N)CC1SC(CCNc2cccc(CCO)c2)C(=O)N1CC. The summed E-state index contributed by atoms with van der Waals surface area (Å²) in [7, 11) is 0. The third-order valence-corrected chi connectivity index (χ3v) is 6.43. The smallest absolute Gasteiger partial charge is 0.238 e. The van der Waals surface area contributed by atoms with E-state index in [4.69, 9.17) is 11.5 Å². The standard InChI is InChI=1S/C22H28N4O3S/c1-3-10-25-21(28)17(15-23)14-20-26(4-2)22(29)19(30-20)8-11-24-18-7-5-6-16(13-18)9-12-27/h1,5-7,13,17,19-20,24,27H,4,8-12,14H2,2H3,(H,25,28). The van der Waals surface area contributed by atoms with E-state index in [-0.39, 0.29) is 36.1 Å². The fourth-order valence-electron chi connectivity index (χ4n) is 3.38. The Morgan fingerprint density at radius 2 is 2.27 bits per heavy atom. The van der Waals surface area contributed by atoms with Crippen LogP contribution in [0.5, 0.6) is 0 Å². The Morgan fingerprint density at radius 3 is 2.93 bits per heavy atom. The molecule has 0 saturated carbocycles. The number of thioether (sulfide) groups is 1. The molecule has 0 spiro atoms. The highest BCUT2D eigenvalue weighted by Gasteiger charge is 2.40. The monoisotopic (exact) mass is 428 g/mol. The summed E-state index contributed by atoms with van der Waals surface area (Å²) in [5.74, 6) is 1.13. The van der Waals surface area contributed by atoms with Gasteiger partial charge in [0.15, 0.2) is 0 Å². The largest absolute Gasteiger partial charge is 0.396 e. The van der Waals surface area contributed by atoms with E-state index in [9.17, 15) is 14.9 Å². The number of hydrogen-bond acceptors (Lipinski definition) is 6. The van der Waals surface area contributed by atoms with Crippen LogP contribution in [0.4, 0.5) is 5.69 Å². The summed E-state index contributed by atoms with van der Waals surface area (Å²) in [6.07, 6.45) is 6.68. The molecule has 7 nitrogen and oxygen atoms in total. The van der Waals surface area contributed by atoms with E-state index >= 15 is 0 Å². The number of nitrogens with zero attached hydrogens (tertiary/aromatic N) is 2. The van der Waals surface area contributed by atoms with Crippen LogP contribution in [0.2, 0.25) is 0 Å². The summed E-state index contributed by atoms with van der Waals surface area (Å²) in [4.78, 5) is 26.6. The summed E-state index contributed by atoms with van der Waals surface area (Å²) in [6.45, 7) is 3.25. The number of nitriles is 1. The maximum Gasteiger partial charge on any atom is 0.238 e. The van der Waals surface area contributed by atoms with E-state index in [0.29, 0.717) is 25.9 Å². The van der Waals surface area contributed by atoms with E-state index in [1.54, 1.807) is 4.90 Å². The lowest BCUT2D eigenvalue weighted by Gasteiger charge is -2.23. The predicted octanol–water partition coefficient (Wildman–Crippen LogP) is 1.59. The normalized spacial score (nSPS) is 19.1. The van der Waals surface area contributed by atoms with Crippen molar-refractivity contribution in [3.63, 3.8) is 0 Å². The molecule has 160 valence electrons. The number of amides is 2. The van der Waals surface area contributed by atoms with Crippen molar-refractivity contribution < 1.29 is 14.7 Å². The van der Waals surface area contributed by atoms with Crippen LogP contribution in [0.25, 0.3) is 0 Å². The van der Waals surface area contributed by atoms with Gasteiger partial charge in [-0.15, -0.1) is 18.2 Å². The lowest BCUT2D eigenvalue weighted by molar-refractivity contribution is -0.131. The first-order chi connectivity index (χ1) is 14.5. The van der Waals surface area contributed by atoms with Crippen LogP contribution in [0.3, 0.4) is 0 Å². The fourth-order valence-corrected chi connectivity index (χ4v) is 4.97. The van der Waals surface area contributed by atoms with Crippen LogP contribution in [-0.2, 0) is 16.0 Å². The van der Waals surface area contributed by atoms with Gasteiger partial charge in [0.05, 0.1) is 23.2 Å². The second kappa shape index (κ2) is 12.1. The Labute approximate surface area is 182 Å². The van der Waals surface area contributed by atoms with Gasteiger partial charge in [0, 0.05) is 31.8 Å². The number of terminal acetylenes is 1. The second-order valence-corrected chi connectivity index (χ2v) is 8.32. The second-order valence-electron chi connectivity index (χ2n) is 6.93. The van der Waals surface area contributed by atoms with Crippen molar-refractivity contribution in [2.45, 2.75) is 36.8 Å². The average molecular weight is 429 g/mol. The number of anilines is 1. The number of aliphatic hydroxyl groups excluding tert-OH is 1. The Kier molecular flexibility index (Phi) is 9.53. The molecule has 0 aliphatic carbocycles. The van der Waals surface area contributed by atoms with Gasteiger partial charge in [-0.25, -0.2) is 0 Å². The highest BCUT2D eigenvalue weighted by atomic mass is 32.2. The Bertz CT molecular complexity index is 817. The highest BCUT2D eigenvalue weighted by Crippen LogP contribution is 2.36. The first kappa shape index (κ1) is 23.6. The minimum atomic E-state index is -0.844. The van der Waals surface area contributed by atoms with Crippen molar-refractivity contribution in [2.24, 2.45) is 5.92 Å². The summed E-state index contributed by atoms with van der Waals surface area (Å²) in [6, 6.07) is 9.88. The molecule has 2 amide bonds. The maximum atomic E-state index is 12.8. The predicted molar refractivity (Wildman–Crippen MR) is 118 cm³/mol. The van der Waals surface area contributed by atoms with E-state index in [1.165, 1.54) is 11.8 Å². The molecule has 1 fully saturated rings. The van der Waals surface area contributed by atoms with Gasteiger partial charge in [0.25, 0.3) is 0 Å².